The number of benzene rings is 1. The highest BCUT2D eigenvalue weighted by atomic mass is 16.3. The fourth-order valence-corrected chi connectivity index (χ4v) is 2.36. The molecule has 6 heteroatoms. The highest BCUT2D eigenvalue weighted by Gasteiger charge is 2.11. The van der Waals surface area contributed by atoms with Crippen molar-refractivity contribution >= 4 is 17.5 Å². The van der Waals surface area contributed by atoms with E-state index in [0.29, 0.717) is 29.6 Å². The van der Waals surface area contributed by atoms with E-state index in [0.717, 1.165) is 12.1 Å². The first kappa shape index (κ1) is 16.7. The van der Waals surface area contributed by atoms with Crippen LogP contribution >= 0.6 is 0 Å². The predicted molar refractivity (Wildman–Crippen MR) is 95.7 cm³/mol. The lowest BCUT2D eigenvalue weighted by atomic mass is 10.1. The van der Waals surface area contributed by atoms with Crippen LogP contribution in [0.2, 0.25) is 0 Å². The third-order valence-corrected chi connectivity index (χ3v) is 3.71. The number of amides is 1. The van der Waals surface area contributed by atoms with Crippen molar-refractivity contribution in [2.45, 2.75) is 26.8 Å². The maximum absolute atomic E-state index is 12.3. The number of carbonyl (C=O) groups is 1. The van der Waals surface area contributed by atoms with E-state index in [4.69, 9.17) is 4.42 Å². The number of nitrogens with one attached hydrogen (secondary N) is 2. The normalized spacial score (nSPS) is 10.5. The Kier molecular flexibility index (Phi) is 5.09. The van der Waals surface area contributed by atoms with E-state index in [1.54, 1.807) is 24.5 Å². The number of carbonyl (C=O) groups excluding carboxylic acids is 1. The zero-order valence-corrected chi connectivity index (χ0v) is 14.2. The molecule has 3 rings (SSSR count). The summed E-state index contributed by atoms with van der Waals surface area (Å²) < 4.78 is 5.21. The topological polar surface area (TPSA) is 80.0 Å². The SMILES string of the molecule is CCc1ccc(Nc2nc(C)cc(C(=O)NCc3ccco3)n2)cc1. The highest BCUT2D eigenvalue weighted by Crippen LogP contribution is 2.15. The van der Waals surface area contributed by atoms with Crippen molar-refractivity contribution in [3.8, 4) is 0 Å². The lowest BCUT2D eigenvalue weighted by Gasteiger charge is -2.09. The monoisotopic (exact) mass is 336 g/mol. The summed E-state index contributed by atoms with van der Waals surface area (Å²) in [5.41, 5.74) is 3.16. The van der Waals surface area contributed by atoms with Gasteiger partial charge in [0, 0.05) is 11.4 Å². The Bertz CT molecular complexity index is 842. The smallest absolute Gasteiger partial charge is 0.270 e. The molecule has 2 aromatic heterocycles. The Hall–Kier alpha value is -3.15. The first-order chi connectivity index (χ1) is 12.1. The summed E-state index contributed by atoms with van der Waals surface area (Å²) in [4.78, 5) is 21.0. The fourth-order valence-electron chi connectivity index (χ4n) is 2.36. The van der Waals surface area contributed by atoms with Gasteiger partial charge < -0.3 is 15.1 Å². The second-order valence-corrected chi connectivity index (χ2v) is 5.66. The molecule has 1 amide bonds. The van der Waals surface area contributed by atoms with Gasteiger partial charge in [-0.25, -0.2) is 9.97 Å². The number of hydrogen-bond acceptors (Lipinski definition) is 5. The fraction of sp³-hybridized carbons (Fsp3) is 0.211. The van der Waals surface area contributed by atoms with Crippen LogP contribution in [0.5, 0.6) is 0 Å². The molecular formula is C19H20N4O2. The number of anilines is 2. The molecule has 2 N–H and O–H groups in total. The molecule has 0 radical (unpaired) electrons. The molecule has 128 valence electrons. The lowest BCUT2D eigenvalue weighted by Crippen LogP contribution is -2.24. The molecule has 2 heterocycles. The van der Waals surface area contributed by atoms with Crippen molar-refractivity contribution in [2.75, 3.05) is 5.32 Å². The van der Waals surface area contributed by atoms with Crippen molar-refractivity contribution in [3.63, 3.8) is 0 Å². The standard InChI is InChI=1S/C19H20N4O2/c1-3-14-6-8-15(9-7-14)22-19-21-13(2)11-17(23-19)18(24)20-12-16-5-4-10-25-16/h4-11H,3,12H2,1-2H3,(H,20,24)(H,21,22,23). The summed E-state index contributed by atoms with van der Waals surface area (Å²) in [5, 5.41) is 5.92. The maximum atomic E-state index is 12.3. The van der Waals surface area contributed by atoms with E-state index in [-0.39, 0.29) is 5.91 Å². The maximum Gasteiger partial charge on any atom is 0.270 e. The molecule has 0 aliphatic carbocycles. The lowest BCUT2D eigenvalue weighted by molar-refractivity contribution is 0.0943. The molecule has 6 nitrogen and oxygen atoms in total. The number of aryl methyl sites for hydroxylation is 2. The van der Waals surface area contributed by atoms with Crippen molar-refractivity contribution in [3.05, 3.63) is 71.4 Å². The van der Waals surface area contributed by atoms with Crippen LogP contribution in [0.3, 0.4) is 0 Å². The van der Waals surface area contributed by atoms with Gasteiger partial charge in [-0.1, -0.05) is 19.1 Å². The van der Waals surface area contributed by atoms with E-state index in [1.807, 2.05) is 19.1 Å². The van der Waals surface area contributed by atoms with Gasteiger partial charge >= 0.3 is 0 Å². The zero-order chi connectivity index (χ0) is 17.6. The van der Waals surface area contributed by atoms with Crippen molar-refractivity contribution in [1.29, 1.82) is 0 Å². The zero-order valence-electron chi connectivity index (χ0n) is 14.2. The Labute approximate surface area is 146 Å². The second kappa shape index (κ2) is 7.61. The third kappa shape index (κ3) is 4.44. The number of furan rings is 1. The van der Waals surface area contributed by atoms with Gasteiger partial charge in [-0.05, 0) is 49.2 Å². The summed E-state index contributed by atoms with van der Waals surface area (Å²) in [6, 6.07) is 13.3. The van der Waals surface area contributed by atoms with Gasteiger partial charge in [-0.15, -0.1) is 0 Å². The van der Waals surface area contributed by atoms with Crippen LogP contribution in [-0.4, -0.2) is 15.9 Å². The van der Waals surface area contributed by atoms with Gasteiger partial charge in [-0.2, -0.15) is 0 Å². The summed E-state index contributed by atoms with van der Waals surface area (Å²) in [7, 11) is 0. The average molecular weight is 336 g/mol. The molecule has 0 aliphatic heterocycles. The molecule has 0 bridgehead atoms. The first-order valence-electron chi connectivity index (χ1n) is 8.16. The Balaban J connectivity index is 1.71. The van der Waals surface area contributed by atoms with Crippen LogP contribution in [0.4, 0.5) is 11.6 Å². The van der Waals surface area contributed by atoms with Crippen LogP contribution in [-0.2, 0) is 13.0 Å². The first-order valence-corrected chi connectivity index (χ1v) is 8.16. The number of nitrogens with zero attached hydrogens (tertiary/aromatic N) is 2. The predicted octanol–water partition coefficient (Wildman–Crippen LogP) is 3.61. The van der Waals surface area contributed by atoms with Gasteiger partial charge in [-0.3, -0.25) is 4.79 Å². The van der Waals surface area contributed by atoms with E-state index >= 15 is 0 Å². The average Bonchev–Trinajstić information content (AvgIpc) is 3.13. The van der Waals surface area contributed by atoms with E-state index in [1.165, 1.54) is 5.56 Å². The number of aromatic nitrogens is 2. The van der Waals surface area contributed by atoms with Gasteiger partial charge in [0.1, 0.15) is 11.5 Å². The second-order valence-electron chi connectivity index (χ2n) is 5.66. The van der Waals surface area contributed by atoms with E-state index in [2.05, 4.69) is 39.7 Å². The highest BCUT2D eigenvalue weighted by molar-refractivity contribution is 5.92. The van der Waals surface area contributed by atoms with Crippen molar-refractivity contribution in [1.82, 2.24) is 15.3 Å². The Morgan fingerprint density at radius 2 is 1.96 bits per heavy atom. The molecule has 0 spiro atoms. The van der Waals surface area contributed by atoms with E-state index in [9.17, 15) is 4.79 Å². The Morgan fingerprint density at radius 3 is 2.64 bits per heavy atom. The quantitative estimate of drug-likeness (QED) is 0.719. The van der Waals surface area contributed by atoms with Crippen LogP contribution in [0.25, 0.3) is 0 Å². The largest absolute Gasteiger partial charge is 0.467 e. The summed E-state index contributed by atoms with van der Waals surface area (Å²) in [6.07, 6.45) is 2.56. The molecule has 0 saturated heterocycles. The number of hydrogen-bond donors (Lipinski definition) is 2. The minimum atomic E-state index is -0.272. The van der Waals surface area contributed by atoms with Gasteiger partial charge in [0.25, 0.3) is 5.91 Å². The molecule has 0 aliphatic rings. The minimum absolute atomic E-state index is 0.272. The molecular weight excluding hydrogens is 316 g/mol. The molecule has 0 unspecified atom stereocenters. The van der Waals surface area contributed by atoms with Gasteiger partial charge in [0.05, 0.1) is 12.8 Å². The summed E-state index contributed by atoms with van der Waals surface area (Å²) >= 11 is 0. The van der Waals surface area contributed by atoms with E-state index < -0.39 is 0 Å². The summed E-state index contributed by atoms with van der Waals surface area (Å²) in [5.74, 6) is 0.812. The molecule has 3 aromatic rings. The molecule has 25 heavy (non-hydrogen) atoms. The van der Waals surface area contributed by atoms with Crippen molar-refractivity contribution in [2.24, 2.45) is 0 Å². The van der Waals surface area contributed by atoms with Crippen LogP contribution < -0.4 is 10.6 Å². The van der Waals surface area contributed by atoms with Crippen LogP contribution in [0, 0.1) is 6.92 Å². The van der Waals surface area contributed by atoms with Gasteiger partial charge in [0.15, 0.2) is 0 Å². The molecule has 1 aromatic carbocycles. The Morgan fingerprint density at radius 1 is 1.16 bits per heavy atom. The number of rotatable bonds is 6. The van der Waals surface area contributed by atoms with Crippen molar-refractivity contribution < 1.29 is 9.21 Å². The molecule has 0 atom stereocenters. The van der Waals surface area contributed by atoms with Crippen LogP contribution in [0.1, 0.15) is 34.4 Å². The minimum Gasteiger partial charge on any atom is -0.467 e. The summed E-state index contributed by atoms with van der Waals surface area (Å²) in [6.45, 7) is 4.26. The molecule has 0 saturated carbocycles. The third-order valence-electron chi connectivity index (χ3n) is 3.71. The molecule has 0 fully saturated rings. The van der Waals surface area contributed by atoms with Gasteiger partial charge in [0.2, 0.25) is 5.95 Å². The van der Waals surface area contributed by atoms with Crippen LogP contribution in [0.15, 0.2) is 53.1 Å².